The number of halogens is 6. The third-order valence-electron chi connectivity index (χ3n) is 15.6. The molecule has 30 heteroatoms. The summed E-state index contributed by atoms with van der Waals surface area (Å²) in [6.45, 7) is 26.5. The van der Waals surface area contributed by atoms with Crippen LogP contribution in [0.4, 0.5) is 35.9 Å². The summed E-state index contributed by atoms with van der Waals surface area (Å²) in [4.78, 5) is 61.1. The van der Waals surface area contributed by atoms with E-state index in [0.29, 0.717) is 11.1 Å². The van der Waals surface area contributed by atoms with E-state index in [9.17, 15) is 29.7 Å². The zero-order valence-electron chi connectivity index (χ0n) is 59.6. The number of esters is 2. The minimum atomic E-state index is -5.32. The first-order chi connectivity index (χ1) is 46.5. The van der Waals surface area contributed by atoms with E-state index in [2.05, 4.69) is 49.3 Å². The molecule has 0 amide bonds. The average Bonchev–Trinajstić information content (AvgIpc) is 1.48. The first kappa shape index (κ1) is 78.6. The Kier molecular flexibility index (Phi) is 24.0. The number of imidazole rings is 2. The van der Waals surface area contributed by atoms with Gasteiger partial charge in [0.2, 0.25) is 0 Å². The summed E-state index contributed by atoms with van der Waals surface area (Å²) in [5.74, 6) is -3.93. The maximum absolute atomic E-state index is 16.3. The molecular formula is C70H86F6N8O14Si2. The van der Waals surface area contributed by atoms with Crippen molar-refractivity contribution < 1.29 is 92.9 Å². The van der Waals surface area contributed by atoms with Crippen LogP contribution in [0.1, 0.15) is 100 Å². The van der Waals surface area contributed by atoms with Crippen molar-refractivity contribution >= 4 is 84.1 Å². The lowest BCUT2D eigenvalue weighted by atomic mass is 9.86. The highest BCUT2D eigenvalue weighted by atomic mass is 28.3. The highest BCUT2D eigenvalue weighted by Gasteiger charge is 2.66. The molecule has 2 unspecified atom stereocenters. The summed E-state index contributed by atoms with van der Waals surface area (Å²) in [6.07, 6.45) is -9.66. The molecule has 22 nitrogen and oxygen atoms in total. The molecule has 0 saturated heterocycles. The van der Waals surface area contributed by atoms with Crippen LogP contribution >= 0.6 is 0 Å². The molecule has 4 aromatic carbocycles. The van der Waals surface area contributed by atoms with Gasteiger partial charge in [-0.25, -0.2) is 29.1 Å². The number of rotatable bonds is 24. The Morgan fingerprint density at radius 3 is 1.30 bits per heavy atom. The Hall–Kier alpha value is -8.79. The van der Waals surface area contributed by atoms with Gasteiger partial charge in [-0.3, -0.25) is 9.13 Å². The molecule has 100 heavy (non-hydrogen) atoms. The molecule has 4 heterocycles. The van der Waals surface area contributed by atoms with Crippen LogP contribution in [0, 0.1) is 36.5 Å². The van der Waals surface area contributed by atoms with E-state index in [1.807, 2.05) is 12.1 Å². The smallest absolute Gasteiger partial charge is 0.429 e. The minimum Gasteiger partial charge on any atom is -0.496 e. The molecule has 8 rings (SSSR count). The maximum Gasteiger partial charge on any atom is 0.429 e. The van der Waals surface area contributed by atoms with E-state index < -0.39 is 111 Å². The summed E-state index contributed by atoms with van der Waals surface area (Å²) in [5.41, 5.74) is -7.99. The zero-order chi connectivity index (χ0) is 74.5. The number of methoxy groups -OCH3 is 2. The van der Waals surface area contributed by atoms with Crippen molar-refractivity contribution in [3.8, 4) is 23.6 Å². The SMILES string of the molecule is CCOC(=O)COC(c1c(OC)cc(C)c2c1ccn2C(=O)OC(C)(C)C)(c1nc2cc(C#N)ccc2n1COCC[Si](C)(C)C)C(F)(F)F.CCOC(=O)COC(c1c(OC)cc(C)c2c1ccn2C(=O)OC(C)(C)C)(c1nc2ccc(C#N)cc2n1COCC[Si](C)(C)C)C(F)(F)F. The van der Waals surface area contributed by atoms with E-state index in [0.717, 1.165) is 21.2 Å². The Morgan fingerprint density at radius 2 is 0.930 bits per heavy atom. The molecule has 0 fully saturated rings. The number of nitrogens with zero attached hydrogens (tertiary/aromatic N) is 8. The Labute approximate surface area is 577 Å². The molecule has 0 saturated carbocycles. The second-order valence-electron chi connectivity index (χ2n) is 28.0. The van der Waals surface area contributed by atoms with Gasteiger partial charge in [-0.15, -0.1) is 0 Å². The first-order valence-electron chi connectivity index (χ1n) is 32.1. The van der Waals surface area contributed by atoms with Gasteiger partial charge < -0.3 is 56.5 Å². The molecule has 0 spiro atoms. The molecule has 4 aromatic heterocycles. The lowest BCUT2D eigenvalue weighted by Gasteiger charge is -2.37. The number of fused-ring (bicyclic) bond motifs is 4. The molecule has 2 atom stereocenters. The van der Waals surface area contributed by atoms with Gasteiger partial charge >= 0.3 is 36.5 Å². The van der Waals surface area contributed by atoms with Gasteiger partial charge in [-0.2, -0.15) is 36.9 Å². The first-order valence-corrected chi connectivity index (χ1v) is 39.5. The van der Waals surface area contributed by atoms with Crippen LogP contribution in [0.25, 0.3) is 43.9 Å². The van der Waals surface area contributed by atoms with Gasteiger partial charge in [0.25, 0.3) is 11.2 Å². The second-order valence-corrected chi connectivity index (χ2v) is 39.2. The van der Waals surface area contributed by atoms with Gasteiger partial charge in [0.05, 0.1) is 94.9 Å². The van der Waals surface area contributed by atoms with E-state index in [1.165, 1.54) is 110 Å². The van der Waals surface area contributed by atoms with Gasteiger partial charge in [0, 0.05) is 52.5 Å². The number of hydrogen-bond acceptors (Lipinski definition) is 18. The fourth-order valence-electron chi connectivity index (χ4n) is 11.2. The summed E-state index contributed by atoms with van der Waals surface area (Å²) >= 11 is 0. The lowest BCUT2D eigenvalue weighted by Crippen LogP contribution is -2.49. The molecule has 0 aliphatic carbocycles. The van der Waals surface area contributed by atoms with Crippen molar-refractivity contribution in [1.82, 2.24) is 28.2 Å². The van der Waals surface area contributed by atoms with Crippen LogP contribution in [0.2, 0.25) is 51.4 Å². The van der Waals surface area contributed by atoms with Crippen molar-refractivity contribution in [2.75, 3.05) is 53.9 Å². The average molecular weight is 1430 g/mol. The summed E-state index contributed by atoms with van der Waals surface area (Å²) in [5, 5.41) is 19.1. The monoisotopic (exact) mass is 1430 g/mol. The number of ether oxygens (including phenoxy) is 10. The van der Waals surface area contributed by atoms with Crippen LogP contribution in [-0.4, -0.2) is 146 Å². The van der Waals surface area contributed by atoms with Crippen LogP contribution in [0.5, 0.6) is 11.5 Å². The van der Waals surface area contributed by atoms with Crippen LogP contribution < -0.4 is 9.47 Å². The zero-order valence-corrected chi connectivity index (χ0v) is 61.6. The third kappa shape index (κ3) is 17.1. The number of alkyl halides is 6. The largest absolute Gasteiger partial charge is 0.496 e. The number of aromatic nitrogens is 6. The predicted octanol–water partition coefficient (Wildman–Crippen LogP) is 15.3. The van der Waals surface area contributed by atoms with Crippen molar-refractivity contribution in [1.29, 1.82) is 10.5 Å². The molecule has 0 bridgehead atoms. The number of carbonyl (C=O) groups excluding carboxylic acids is 4. The van der Waals surface area contributed by atoms with E-state index >= 15 is 26.3 Å². The molecule has 0 aliphatic rings. The quantitative estimate of drug-likeness (QED) is 0.0179. The van der Waals surface area contributed by atoms with Crippen molar-refractivity contribution in [3.05, 3.63) is 118 Å². The van der Waals surface area contributed by atoms with Gasteiger partial charge in [-0.1, -0.05) is 39.3 Å². The summed E-state index contributed by atoms with van der Waals surface area (Å²) in [7, 11) is -0.748. The number of nitriles is 2. The fourth-order valence-corrected chi connectivity index (χ4v) is 12.7. The van der Waals surface area contributed by atoms with Gasteiger partial charge in [-0.05, 0) is 153 Å². The molecule has 0 N–H and O–H groups in total. The van der Waals surface area contributed by atoms with E-state index in [-0.39, 0.29) is 106 Å². The number of hydrogen-bond donors (Lipinski definition) is 0. The topological polar surface area (TPSA) is 254 Å². The molecular weight excluding hydrogens is 1350 g/mol. The van der Waals surface area contributed by atoms with Gasteiger partial charge in [0.1, 0.15) is 49.4 Å². The molecule has 540 valence electrons. The number of benzene rings is 4. The number of carbonyl (C=O) groups is 4. The standard InChI is InChI=1S/2C35H43F3N4O7Si/c1-10-47-28(43)20-48-34(35(36,37)38,29-24-13-14-41(32(44)49-33(3,4)5)30(24)22(2)17-27(29)45-6)31-40-25-18-23(19-39)11-12-26(25)42(31)21-46-15-16-50(7,8)9;1-10-47-28(43)20-48-34(35(36,37)38,29-24-13-14-41(32(44)49-33(3,4)5)30(24)22(2)17-27(29)45-6)31-40-25-12-11-23(19-39)18-26(25)42(31)21-46-15-16-50(7,8)9/h2*11-14,17-18H,10,15-16,20-21H2,1-9H3. The van der Waals surface area contributed by atoms with Crippen LogP contribution in [0.3, 0.4) is 0 Å². The Morgan fingerprint density at radius 1 is 0.540 bits per heavy atom. The highest BCUT2D eigenvalue weighted by molar-refractivity contribution is 6.76. The van der Waals surface area contributed by atoms with Crippen LogP contribution in [-0.2, 0) is 72.1 Å². The second kappa shape index (κ2) is 30.6. The molecule has 8 aromatic rings. The van der Waals surface area contributed by atoms with E-state index in [1.54, 1.807) is 55.4 Å². The maximum atomic E-state index is 16.3. The molecule has 0 radical (unpaired) electrons. The van der Waals surface area contributed by atoms with E-state index in [4.69, 9.17) is 47.4 Å². The normalized spacial score (nSPS) is 13.7. The lowest BCUT2D eigenvalue weighted by molar-refractivity contribution is -0.271. The van der Waals surface area contributed by atoms with Crippen molar-refractivity contribution in [2.45, 2.75) is 169 Å². The summed E-state index contributed by atoms with van der Waals surface area (Å²) < 4.78 is 159. The highest BCUT2D eigenvalue weighted by Crippen LogP contribution is 2.56. The van der Waals surface area contributed by atoms with Crippen LogP contribution in [0.15, 0.2) is 73.1 Å². The molecule has 0 aliphatic heterocycles. The minimum absolute atomic E-state index is 0.0647. The number of aryl methyl sites for hydroxylation is 2. The Bertz CT molecular complexity index is 4260. The summed E-state index contributed by atoms with van der Waals surface area (Å²) in [6, 6.07) is 19.5. The van der Waals surface area contributed by atoms with Crippen molar-refractivity contribution in [3.63, 3.8) is 0 Å². The predicted molar refractivity (Wildman–Crippen MR) is 366 cm³/mol. The van der Waals surface area contributed by atoms with Gasteiger partial charge in [0.15, 0.2) is 11.6 Å². The fraction of sp³-hybridized carbons (Fsp3) is 0.486. The third-order valence-corrected chi connectivity index (χ3v) is 19.0. The Balaban J connectivity index is 0.000000281. The van der Waals surface area contributed by atoms with Crippen molar-refractivity contribution in [2.24, 2.45) is 0 Å².